The van der Waals surface area contributed by atoms with Crippen molar-refractivity contribution in [1.82, 2.24) is 0 Å². The second-order valence-electron chi connectivity index (χ2n) is 16.2. The molecule has 4 nitrogen and oxygen atoms in total. The molecule has 2 saturated carbocycles. The number of carbonyl (C=O) groups excluding carboxylic acids is 1. The third-order valence-electron chi connectivity index (χ3n) is 13.4. The van der Waals surface area contributed by atoms with Crippen LogP contribution in [0.4, 0.5) is 0 Å². The second kappa shape index (κ2) is 10.6. The zero-order valence-corrected chi connectivity index (χ0v) is 27.4. The number of carbonyl (C=O) groups is 1. The highest BCUT2D eigenvalue weighted by atomic mass is 16.5. The minimum Gasteiger partial charge on any atom is -0.461 e. The predicted molar refractivity (Wildman–Crippen MR) is 169 cm³/mol. The van der Waals surface area contributed by atoms with E-state index in [1.54, 1.807) is 11.6 Å². The molecule has 0 spiro atoms. The van der Waals surface area contributed by atoms with E-state index in [-0.39, 0.29) is 28.8 Å². The lowest BCUT2D eigenvalue weighted by Crippen LogP contribution is -2.56. The van der Waals surface area contributed by atoms with Crippen molar-refractivity contribution in [2.45, 2.75) is 132 Å². The van der Waals surface area contributed by atoms with Crippen LogP contribution in [-0.4, -0.2) is 12.1 Å². The molecule has 0 aromatic heterocycles. The van der Waals surface area contributed by atoms with Crippen molar-refractivity contribution < 1.29 is 9.53 Å². The number of hydrogen-bond acceptors (Lipinski definition) is 4. The molecule has 0 aromatic rings. The summed E-state index contributed by atoms with van der Waals surface area (Å²) >= 11 is 0. The standard InChI is InChI=1S/C37H58N2O2/c1-23(2)10-9-11-24(3)28-14-18-37(8)30-12-13-31-34(4,5)32(41-33(40)25-20-26(38)22-27(39)21-25)16-17-35(31,6)29(30)15-19-36(28,37)7/h10,20,22,24-25,28,31-32H,9,11-19,21,38-39H2,1-8H3. The zero-order valence-electron chi connectivity index (χ0n) is 27.4. The van der Waals surface area contributed by atoms with Crippen molar-refractivity contribution in [2.75, 3.05) is 0 Å². The minimum absolute atomic E-state index is 0.0704. The Morgan fingerprint density at radius 3 is 2.44 bits per heavy atom. The maximum Gasteiger partial charge on any atom is 0.313 e. The van der Waals surface area contributed by atoms with Gasteiger partial charge in [-0.2, -0.15) is 0 Å². The number of esters is 1. The largest absolute Gasteiger partial charge is 0.461 e. The maximum absolute atomic E-state index is 13.3. The lowest BCUT2D eigenvalue weighted by molar-refractivity contribution is -0.172. The first-order chi connectivity index (χ1) is 19.1. The van der Waals surface area contributed by atoms with E-state index in [0.717, 1.165) is 24.7 Å². The van der Waals surface area contributed by atoms with Crippen LogP contribution in [0.2, 0.25) is 0 Å². The summed E-state index contributed by atoms with van der Waals surface area (Å²) in [7, 11) is 0. The van der Waals surface area contributed by atoms with Crippen molar-refractivity contribution in [3.05, 3.63) is 46.3 Å². The highest BCUT2D eigenvalue weighted by molar-refractivity contribution is 5.76. The van der Waals surface area contributed by atoms with Gasteiger partial charge in [-0.15, -0.1) is 0 Å². The quantitative estimate of drug-likeness (QED) is 0.251. The zero-order chi connectivity index (χ0) is 30.0. The monoisotopic (exact) mass is 562 g/mol. The molecule has 228 valence electrons. The smallest absolute Gasteiger partial charge is 0.313 e. The van der Waals surface area contributed by atoms with E-state index in [0.29, 0.717) is 34.6 Å². The third kappa shape index (κ3) is 4.93. The Labute approximate surface area is 250 Å². The SMILES string of the molecule is CC(C)=CCCC(C)C1CCC2(C)C3=C(CCC12C)C1(C)CCC(OC(=O)C2C=C(N)C=C(N)C2)C(C)(C)C1CC3. The van der Waals surface area contributed by atoms with Gasteiger partial charge in [0.15, 0.2) is 0 Å². The van der Waals surface area contributed by atoms with Gasteiger partial charge < -0.3 is 16.2 Å². The molecule has 8 atom stereocenters. The summed E-state index contributed by atoms with van der Waals surface area (Å²) in [6.07, 6.45) is 18.7. The molecule has 5 rings (SSSR count). The number of hydrogen-bond donors (Lipinski definition) is 2. The summed E-state index contributed by atoms with van der Waals surface area (Å²) in [6, 6.07) is 0. The van der Waals surface area contributed by atoms with Gasteiger partial charge in [0.2, 0.25) is 0 Å². The van der Waals surface area contributed by atoms with Crippen LogP contribution >= 0.6 is 0 Å². The van der Waals surface area contributed by atoms with Crippen LogP contribution in [0.1, 0.15) is 126 Å². The Morgan fingerprint density at radius 2 is 1.76 bits per heavy atom. The van der Waals surface area contributed by atoms with Crippen molar-refractivity contribution >= 4 is 5.97 Å². The van der Waals surface area contributed by atoms with Crippen LogP contribution in [0, 0.1) is 45.3 Å². The number of nitrogens with two attached hydrogens (primary N) is 2. The van der Waals surface area contributed by atoms with E-state index in [4.69, 9.17) is 16.2 Å². The number of rotatable bonds is 6. The van der Waals surface area contributed by atoms with Crippen molar-refractivity contribution in [1.29, 1.82) is 0 Å². The third-order valence-corrected chi connectivity index (χ3v) is 13.4. The first kappa shape index (κ1) is 30.5. The van der Waals surface area contributed by atoms with Gasteiger partial charge in [-0.1, -0.05) is 64.3 Å². The van der Waals surface area contributed by atoms with E-state index in [9.17, 15) is 4.79 Å². The lowest BCUT2D eigenvalue weighted by Gasteiger charge is -2.62. The minimum atomic E-state index is -0.375. The van der Waals surface area contributed by atoms with Gasteiger partial charge in [-0.05, 0) is 124 Å². The van der Waals surface area contributed by atoms with Gasteiger partial charge in [0, 0.05) is 23.2 Å². The summed E-state index contributed by atoms with van der Waals surface area (Å²) < 4.78 is 6.32. The Bertz CT molecular complexity index is 1190. The number of allylic oxidation sites excluding steroid dienone is 6. The summed E-state index contributed by atoms with van der Waals surface area (Å²) in [6.45, 7) is 19.6. The van der Waals surface area contributed by atoms with E-state index >= 15 is 0 Å². The molecular formula is C37H58N2O2. The van der Waals surface area contributed by atoms with Crippen LogP contribution in [0.15, 0.2) is 46.3 Å². The van der Waals surface area contributed by atoms with E-state index in [1.165, 1.54) is 56.9 Å². The summed E-state index contributed by atoms with van der Waals surface area (Å²) in [4.78, 5) is 13.3. The number of fused-ring (bicyclic) bond motifs is 4. The molecule has 2 fully saturated rings. The van der Waals surface area contributed by atoms with Gasteiger partial charge in [-0.3, -0.25) is 4.79 Å². The van der Waals surface area contributed by atoms with Crippen LogP contribution in [0.25, 0.3) is 0 Å². The molecule has 5 aliphatic rings. The van der Waals surface area contributed by atoms with E-state index in [2.05, 4.69) is 61.5 Å². The average Bonchev–Trinajstić information content (AvgIpc) is 3.16. The Kier molecular flexibility index (Phi) is 7.91. The fraction of sp³-hybridized carbons (Fsp3) is 0.757. The van der Waals surface area contributed by atoms with Crippen LogP contribution in [0.3, 0.4) is 0 Å². The Balaban J connectivity index is 1.36. The van der Waals surface area contributed by atoms with Crippen molar-refractivity contribution in [2.24, 2.45) is 56.8 Å². The van der Waals surface area contributed by atoms with Gasteiger partial charge in [0.05, 0.1) is 5.92 Å². The van der Waals surface area contributed by atoms with Gasteiger partial charge >= 0.3 is 5.97 Å². The molecule has 0 aliphatic heterocycles. The molecule has 0 saturated heterocycles. The highest BCUT2D eigenvalue weighted by Crippen LogP contribution is 2.72. The average molecular weight is 563 g/mol. The summed E-state index contributed by atoms with van der Waals surface area (Å²) in [5.41, 5.74) is 19.2. The fourth-order valence-electron chi connectivity index (χ4n) is 10.9. The molecule has 41 heavy (non-hydrogen) atoms. The first-order valence-corrected chi connectivity index (χ1v) is 16.6. The molecule has 0 aromatic carbocycles. The van der Waals surface area contributed by atoms with Crippen molar-refractivity contribution in [3.63, 3.8) is 0 Å². The summed E-state index contributed by atoms with van der Waals surface area (Å²) in [5.74, 6) is 1.57. The predicted octanol–water partition coefficient (Wildman–Crippen LogP) is 8.74. The molecule has 0 radical (unpaired) electrons. The van der Waals surface area contributed by atoms with Gasteiger partial charge in [0.1, 0.15) is 6.10 Å². The Hall–Kier alpha value is -1.97. The van der Waals surface area contributed by atoms with E-state index in [1.807, 2.05) is 11.6 Å². The molecule has 8 unspecified atom stereocenters. The molecule has 4 heteroatoms. The van der Waals surface area contributed by atoms with Crippen LogP contribution < -0.4 is 11.5 Å². The maximum atomic E-state index is 13.3. The second-order valence-corrected chi connectivity index (χ2v) is 16.2. The van der Waals surface area contributed by atoms with Crippen LogP contribution in [0.5, 0.6) is 0 Å². The molecule has 4 N–H and O–H groups in total. The first-order valence-electron chi connectivity index (χ1n) is 16.6. The summed E-state index contributed by atoms with van der Waals surface area (Å²) in [5, 5.41) is 0. The molecule has 0 bridgehead atoms. The number of ether oxygens (including phenoxy) is 1. The van der Waals surface area contributed by atoms with Gasteiger partial charge in [-0.25, -0.2) is 0 Å². The van der Waals surface area contributed by atoms with Gasteiger partial charge in [0.25, 0.3) is 0 Å². The van der Waals surface area contributed by atoms with Crippen LogP contribution in [-0.2, 0) is 9.53 Å². The molecular weight excluding hydrogens is 504 g/mol. The Morgan fingerprint density at radius 1 is 1.02 bits per heavy atom. The molecule has 0 heterocycles. The topological polar surface area (TPSA) is 78.3 Å². The fourth-order valence-corrected chi connectivity index (χ4v) is 10.9. The van der Waals surface area contributed by atoms with E-state index < -0.39 is 0 Å². The normalized spacial score (nSPS) is 40.4. The lowest BCUT2D eigenvalue weighted by atomic mass is 9.43. The van der Waals surface area contributed by atoms with Crippen molar-refractivity contribution in [3.8, 4) is 0 Å². The molecule has 5 aliphatic carbocycles. The molecule has 0 amide bonds. The highest BCUT2D eigenvalue weighted by Gasteiger charge is 2.63.